The van der Waals surface area contributed by atoms with Gasteiger partial charge in [-0.1, -0.05) is 94.3 Å². The summed E-state index contributed by atoms with van der Waals surface area (Å²) in [6.45, 7) is 0. The third-order valence-electron chi connectivity index (χ3n) is 4.89. The fraction of sp³-hybridized carbons (Fsp3) is 0. The minimum Gasteiger partial charge on any atom is -0.871 e. The van der Waals surface area contributed by atoms with Crippen LogP contribution in [0.15, 0.2) is 95.1 Å². The summed E-state index contributed by atoms with van der Waals surface area (Å²) in [5.74, 6) is -1.53. The van der Waals surface area contributed by atoms with Crippen LogP contribution >= 0.6 is 46.4 Å². The molecular formula is C28H18Cl4CoN4O4. The first-order chi connectivity index (χ1) is 19.2. The molecule has 0 saturated carbocycles. The van der Waals surface area contributed by atoms with E-state index in [0.29, 0.717) is 21.2 Å². The third kappa shape index (κ3) is 10.4. The van der Waals surface area contributed by atoms with E-state index in [4.69, 9.17) is 46.4 Å². The van der Waals surface area contributed by atoms with Crippen LogP contribution in [-0.2, 0) is 16.8 Å². The molecule has 0 aliphatic heterocycles. The number of benzene rings is 4. The van der Waals surface area contributed by atoms with E-state index in [2.05, 4.69) is 21.1 Å². The van der Waals surface area contributed by atoms with Crippen LogP contribution in [0.3, 0.4) is 0 Å². The summed E-state index contributed by atoms with van der Waals surface area (Å²) in [5, 5.41) is 31.4. The van der Waals surface area contributed by atoms with E-state index < -0.39 is 11.5 Å². The Morgan fingerprint density at radius 1 is 0.610 bits per heavy atom. The number of nitrogens with zero attached hydrogens (tertiary/aromatic N) is 2. The molecular weight excluding hydrogens is 657 g/mol. The van der Waals surface area contributed by atoms with Crippen LogP contribution in [0.1, 0.15) is 31.8 Å². The minimum atomic E-state index is -0.395. The van der Waals surface area contributed by atoms with Crippen LogP contribution in [0.2, 0.25) is 20.1 Å². The van der Waals surface area contributed by atoms with Gasteiger partial charge in [0.2, 0.25) is 0 Å². The van der Waals surface area contributed by atoms with Crippen molar-refractivity contribution in [2.45, 2.75) is 0 Å². The Hall–Kier alpha value is -3.57. The second-order valence-electron chi connectivity index (χ2n) is 7.74. The van der Waals surface area contributed by atoms with E-state index in [-0.39, 0.29) is 49.8 Å². The van der Waals surface area contributed by atoms with Crippen molar-refractivity contribution >= 4 is 70.6 Å². The number of amides is 2. The Balaban J connectivity index is 0.000000280. The summed E-state index contributed by atoms with van der Waals surface area (Å²) < 4.78 is 0. The fourth-order valence-electron chi connectivity index (χ4n) is 2.98. The number of hydrogen-bond donors (Lipinski definition) is 2. The zero-order valence-corrected chi connectivity index (χ0v) is 24.7. The molecule has 0 fully saturated rings. The Labute approximate surface area is 265 Å². The molecule has 0 aromatic heterocycles. The molecule has 0 unspecified atom stereocenters. The monoisotopic (exact) mass is 673 g/mol. The van der Waals surface area contributed by atoms with E-state index in [0.717, 1.165) is 0 Å². The maximum Gasteiger partial charge on any atom is 2.00 e. The molecule has 2 amide bonds. The van der Waals surface area contributed by atoms with Gasteiger partial charge in [-0.25, -0.2) is 10.9 Å². The van der Waals surface area contributed by atoms with E-state index >= 15 is 0 Å². The first kappa shape index (κ1) is 33.6. The second kappa shape index (κ2) is 16.6. The Morgan fingerprint density at radius 2 is 0.951 bits per heavy atom. The number of carbonyl (C=O) groups excluding carboxylic acids is 2. The van der Waals surface area contributed by atoms with Gasteiger partial charge in [-0.3, -0.25) is 9.59 Å². The Bertz CT molecular complexity index is 1440. The number of hydrazone groups is 2. The van der Waals surface area contributed by atoms with Gasteiger partial charge in [-0.15, -0.1) is 0 Å². The van der Waals surface area contributed by atoms with E-state index in [1.165, 1.54) is 36.7 Å². The van der Waals surface area contributed by atoms with Gasteiger partial charge in [0.1, 0.15) is 0 Å². The molecule has 8 nitrogen and oxygen atoms in total. The first-order valence-corrected chi connectivity index (χ1v) is 12.8. The predicted octanol–water partition coefficient (Wildman–Crippen LogP) is 5.66. The first-order valence-electron chi connectivity index (χ1n) is 11.2. The molecule has 0 atom stereocenters. The number of carbonyl (C=O) groups is 2. The number of nitrogens with one attached hydrogen (secondary N) is 2. The zero-order valence-electron chi connectivity index (χ0n) is 20.6. The van der Waals surface area contributed by atoms with Gasteiger partial charge in [0, 0.05) is 31.2 Å². The summed E-state index contributed by atoms with van der Waals surface area (Å²) >= 11 is 23.0. The third-order valence-corrected chi connectivity index (χ3v) is 5.88. The van der Waals surface area contributed by atoms with Crippen LogP contribution in [0.5, 0.6) is 11.5 Å². The van der Waals surface area contributed by atoms with Crippen molar-refractivity contribution in [3.05, 3.63) is 127 Å². The van der Waals surface area contributed by atoms with Gasteiger partial charge in [0.25, 0.3) is 11.8 Å². The molecule has 0 aliphatic carbocycles. The summed E-state index contributed by atoms with van der Waals surface area (Å²) in [6.07, 6.45) is 2.42. The predicted molar refractivity (Wildman–Crippen MR) is 155 cm³/mol. The van der Waals surface area contributed by atoms with Crippen LogP contribution in [0, 0.1) is 0 Å². The van der Waals surface area contributed by atoms with Crippen molar-refractivity contribution in [2.24, 2.45) is 10.2 Å². The van der Waals surface area contributed by atoms with Gasteiger partial charge in [-0.05, 0) is 59.7 Å². The molecule has 2 N–H and O–H groups in total. The summed E-state index contributed by atoms with van der Waals surface area (Å²) in [4.78, 5) is 23.4. The fourth-order valence-corrected chi connectivity index (χ4v) is 4.00. The molecule has 41 heavy (non-hydrogen) atoms. The van der Waals surface area contributed by atoms with E-state index in [9.17, 15) is 19.8 Å². The molecule has 4 aromatic rings. The molecule has 0 saturated heterocycles. The van der Waals surface area contributed by atoms with Crippen molar-refractivity contribution in [2.75, 3.05) is 0 Å². The number of hydrogen-bond acceptors (Lipinski definition) is 6. The van der Waals surface area contributed by atoms with Crippen molar-refractivity contribution in [3.63, 3.8) is 0 Å². The largest absolute Gasteiger partial charge is 2.00 e. The summed E-state index contributed by atoms with van der Waals surface area (Å²) in [7, 11) is 0. The van der Waals surface area contributed by atoms with Crippen LogP contribution in [0.4, 0.5) is 0 Å². The van der Waals surface area contributed by atoms with Gasteiger partial charge < -0.3 is 10.2 Å². The van der Waals surface area contributed by atoms with Crippen molar-refractivity contribution in [3.8, 4) is 11.5 Å². The van der Waals surface area contributed by atoms with Gasteiger partial charge in [-0.2, -0.15) is 10.2 Å². The van der Waals surface area contributed by atoms with Crippen molar-refractivity contribution in [1.82, 2.24) is 10.9 Å². The normalized spacial score (nSPS) is 10.4. The number of rotatable bonds is 6. The Kier molecular flexibility index (Phi) is 13.6. The smallest absolute Gasteiger partial charge is 0.871 e. The summed E-state index contributed by atoms with van der Waals surface area (Å²) in [5.41, 5.74) is 5.98. The standard InChI is InChI=1S/2C14H10Cl2N2O2.Co/c2*15-11-6-10(13(19)12(16)7-11)8-17-18-14(20)9-4-2-1-3-5-9;/h2*1-8,19H,(H,18,20);/q;;+2/p-2. The van der Waals surface area contributed by atoms with Gasteiger partial charge >= 0.3 is 16.8 Å². The van der Waals surface area contributed by atoms with Gasteiger partial charge in [0.05, 0.1) is 12.4 Å². The summed E-state index contributed by atoms with van der Waals surface area (Å²) in [6, 6.07) is 22.7. The molecule has 0 spiro atoms. The second-order valence-corrected chi connectivity index (χ2v) is 9.43. The molecule has 211 valence electrons. The van der Waals surface area contributed by atoms with Gasteiger partial charge in [0.15, 0.2) is 0 Å². The molecule has 0 aliphatic rings. The maximum atomic E-state index is 11.7. The molecule has 4 aromatic carbocycles. The Morgan fingerprint density at radius 3 is 1.29 bits per heavy atom. The average Bonchev–Trinajstić information content (AvgIpc) is 2.95. The van der Waals surface area contributed by atoms with Crippen LogP contribution in [-0.4, -0.2) is 24.2 Å². The van der Waals surface area contributed by atoms with Crippen LogP contribution in [0.25, 0.3) is 0 Å². The zero-order chi connectivity index (χ0) is 29.1. The van der Waals surface area contributed by atoms with Crippen molar-refractivity contribution < 1.29 is 36.6 Å². The maximum absolute atomic E-state index is 11.7. The molecule has 0 bridgehead atoms. The molecule has 4 rings (SSSR count). The topological polar surface area (TPSA) is 129 Å². The quantitative estimate of drug-likeness (QED) is 0.202. The molecule has 0 heterocycles. The average molecular weight is 675 g/mol. The van der Waals surface area contributed by atoms with E-state index in [1.807, 2.05) is 0 Å². The molecule has 1 radical (unpaired) electrons. The minimum absolute atomic E-state index is 0. The molecule has 13 heteroatoms. The number of halogens is 4. The van der Waals surface area contributed by atoms with E-state index in [1.54, 1.807) is 60.7 Å². The SMILES string of the molecule is O=C(NN=Cc1cc(Cl)cc(Cl)c1[O-])c1ccccc1.O=C(NN=Cc1cc(Cl)cc(Cl)c1[O-])c1ccccc1.[Co+2]. The van der Waals surface area contributed by atoms with Crippen LogP contribution < -0.4 is 21.1 Å². The van der Waals surface area contributed by atoms with Crippen molar-refractivity contribution in [1.29, 1.82) is 0 Å².